The van der Waals surface area contributed by atoms with E-state index in [-0.39, 0.29) is 15.9 Å². The molecule has 176 valence electrons. The molecule has 3 aromatic rings. The van der Waals surface area contributed by atoms with Crippen LogP contribution in [0.25, 0.3) is 0 Å². The van der Waals surface area contributed by atoms with Crippen molar-refractivity contribution in [1.82, 2.24) is 0 Å². The minimum Gasteiger partial charge on any atom is -0.257 e. The number of hydrogen-bond acceptors (Lipinski definition) is 1. The van der Waals surface area contributed by atoms with E-state index in [9.17, 15) is 39.5 Å². The van der Waals surface area contributed by atoms with E-state index in [4.69, 9.17) is 0 Å². The summed E-state index contributed by atoms with van der Waals surface area (Å²) >= 11 is 0. The lowest BCUT2D eigenvalue weighted by Crippen LogP contribution is -2.65. The second-order valence-corrected chi connectivity index (χ2v) is 9.97. The van der Waals surface area contributed by atoms with E-state index in [2.05, 4.69) is 4.74 Å². The van der Waals surface area contributed by atoms with E-state index in [0.29, 0.717) is 0 Å². The predicted molar refractivity (Wildman–Crippen MR) is 108 cm³/mol. The van der Waals surface area contributed by atoms with Crippen LogP contribution in [0.2, 0.25) is 0 Å². The Labute approximate surface area is 182 Å². The quantitative estimate of drug-likeness (QED) is 0.286. The maximum Gasteiger partial charge on any atom is 0.431 e. The molecule has 0 N–H and O–H groups in total. The second kappa shape index (κ2) is 8.56. The zero-order valence-electron chi connectivity index (χ0n) is 16.5. The van der Waals surface area contributed by atoms with Crippen LogP contribution in [0.4, 0.5) is 39.5 Å². The van der Waals surface area contributed by atoms with Crippen LogP contribution in [-0.2, 0) is 0 Å². The molecule has 1 nitrogen and oxygen atoms in total. The topological polar surface area (TPSA) is 12.4 Å². The van der Waals surface area contributed by atoms with Crippen molar-refractivity contribution in [3.8, 4) is 0 Å². The van der Waals surface area contributed by atoms with Gasteiger partial charge in [0.25, 0.3) is 0 Å². The van der Waals surface area contributed by atoms with Gasteiger partial charge in [-0.3, -0.25) is 4.74 Å². The molecule has 0 aliphatic heterocycles. The zero-order chi connectivity index (χ0) is 24.5. The van der Waals surface area contributed by atoms with Crippen molar-refractivity contribution in [2.24, 2.45) is 4.74 Å². The maximum absolute atomic E-state index is 13.9. The second-order valence-electron chi connectivity index (χ2n) is 6.95. The van der Waals surface area contributed by atoms with Crippen LogP contribution in [0.3, 0.4) is 0 Å². The van der Waals surface area contributed by atoms with Crippen molar-refractivity contribution in [1.29, 1.82) is 0 Å². The fourth-order valence-corrected chi connectivity index (χ4v) is 7.27. The van der Waals surface area contributed by atoms with Gasteiger partial charge in [0.15, 0.2) is 0 Å². The fourth-order valence-electron chi connectivity index (χ4n) is 3.43. The third kappa shape index (κ3) is 4.16. The monoisotopic (exact) mass is 495 g/mol. The summed E-state index contributed by atoms with van der Waals surface area (Å²) in [4.78, 5) is 0. The lowest BCUT2D eigenvalue weighted by atomic mass is 9.99. The first-order valence-electron chi connectivity index (χ1n) is 9.28. The molecule has 0 heterocycles. The van der Waals surface area contributed by atoms with Crippen LogP contribution >= 0.6 is 7.05 Å². The van der Waals surface area contributed by atoms with Crippen LogP contribution in [0.1, 0.15) is 0 Å². The van der Waals surface area contributed by atoms with E-state index >= 15 is 0 Å². The van der Waals surface area contributed by atoms with Crippen molar-refractivity contribution in [3.63, 3.8) is 0 Å². The number of rotatable bonds is 4. The number of halogens is 9. The van der Waals surface area contributed by atoms with Gasteiger partial charge in [-0.1, -0.05) is 91.0 Å². The summed E-state index contributed by atoms with van der Waals surface area (Å²) in [5.41, 5.74) is -6.32. The molecule has 0 radical (unpaired) electrons. The Kier molecular flexibility index (Phi) is 6.45. The molecule has 0 bridgehead atoms. The van der Waals surface area contributed by atoms with Crippen LogP contribution in [-0.4, -0.2) is 24.1 Å². The third-order valence-corrected chi connectivity index (χ3v) is 8.66. The highest BCUT2D eigenvalue weighted by Crippen LogP contribution is 2.61. The van der Waals surface area contributed by atoms with Gasteiger partial charge in [-0.25, -0.2) is 0 Å². The van der Waals surface area contributed by atoms with E-state index in [1.54, 1.807) is 0 Å². The number of hydrogen-bond donors (Lipinski definition) is 0. The van der Waals surface area contributed by atoms with Crippen molar-refractivity contribution in [2.45, 2.75) is 24.1 Å². The first-order valence-corrected chi connectivity index (χ1v) is 11.0. The largest absolute Gasteiger partial charge is 0.431 e. The fraction of sp³-hybridized carbons (Fsp3) is 0.182. The van der Waals surface area contributed by atoms with E-state index in [0.717, 1.165) is 0 Å². The van der Waals surface area contributed by atoms with Gasteiger partial charge in [0.2, 0.25) is 0 Å². The van der Waals surface area contributed by atoms with Crippen molar-refractivity contribution in [2.75, 3.05) is 0 Å². The van der Waals surface area contributed by atoms with Crippen LogP contribution in [0.15, 0.2) is 95.7 Å². The summed E-state index contributed by atoms with van der Waals surface area (Å²) in [6.07, 6.45) is -20.4. The van der Waals surface area contributed by atoms with Crippen molar-refractivity contribution < 1.29 is 39.5 Å². The average molecular weight is 495 g/mol. The summed E-state index contributed by atoms with van der Waals surface area (Å²) in [5, 5.41) is -0.571. The minimum atomic E-state index is -6.81. The Balaban J connectivity index is 2.69. The molecule has 0 fully saturated rings. The van der Waals surface area contributed by atoms with Gasteiger partial charge >= 0.3 is 24.1 Å². The Morgan fingerprint density at radius 3 is 0.879 bits per heavy atom. The summed E-state index contributed by atoms with van der Waals surface area (Å²) in [6.45, 7) is 0. The summed E-state index contributed by atoms with van der Waals surface area (Å²) < 4.78 is 128. The lowest BCUT2D eigenvalue weighted by Gasteiger charge is -2.39. The molecule has 3 aromatic carbocycles. The highest BCUT2D eigenvalue weighted by Gasteiger charge is 2.85. The maximum atomic E-state index is 13.9. The normalized spacial score (nSPS) is 13.6. The molecule has 11 heteroatoms. The average Bonchev–Trinajstić information content (AvgIpc) is 2.74. The molecule has 0 aromatic heterocycles. The number of alkyl halides is 9. The standard InChI is InChI=1S/C22H15F9NP/c23-20(24,25)19(21(26,27)28,22(29,30)31)32-33(16-10-4-1-5-11-16,17-12-6-2-7-13-17)18-14-8-3-9-15-18/h1-15H. The Hall–Kier alpha value is -2.74. The van der Waals surface area contributed by atoms with Gasteiger partial charge in [-0.05, 0) is 0 Å². The molecule has 3 rings (SSSR count). The highest BCUT2D eigenvalue weighted by atomic mass is 31.2. The molecule has 0 aliphatic rings. The van der Waals surface area contributed by atoms with E-state index in [1.807, 2.05) is 0 Å². The summed E-state index contributed by atoms with van der Waals surface area (Å²) in [6, 6.07) is 19.4. The third-order valence-electron chi connectivity index (χ3n) is 4.92. The molecule has 0 spiro atoms. The molecule has 33 heavy (non-hydrogen) atoms. The van der Waals surface area contributed by atoms with Crippen molar-refractivity contribution >= 4 is 23.0 Å². The molecule has 0 saturated carbocycles. The molecule has 0 saturated heterocycles. The minimum absolute atomic E-state index is 0.190. The summed E-state index contributed by atoms with van der Waals surface area (Å²) in [5.74, 6) is 0. The molecule has 0 unspecified atom stereocenters. The summed E-state index contributed by atoms with van der Waals surface area (Å²) in [7, 11) is -4.50. The highest BCUT2D eigenvalue weighted by molar-refractivity contribution is 7.87. The Bertz CT molecular complexity index is 980. The van der Waals surface area contributed by atoms with Gasteiger partial charge < -0.3 is 0 Å². The van der Waals surface area contributed by atoms with Crippen LogP contribution < -0.4 is 15.9 Å². The number of nitrogens with zero attached hydrogens (tertiary/aromatic N) is 1. The number of benzene rings is 3. The van der Waals surface area contributed by atoms with Gasteiger partial charge in [0.1, 0.15) is 0 Å². The zero-order valence-corrected chi connectivity index (χ0v) is 17.4. The van der Waals surface area contributed by atoms with Gasteiger partial charge in [-0.15, -0.1) is 0 Å². The van der Waals surface area contributed by atoms with Crippen molar-refractivity contribution in [3.05, 3.63) is 91.0 Å². The predicted octanol–water partition coefficient (Wildman–Crippen LogP) is 6.59. The Morgan fingerprint density at radius 1 is 0.424 bits per heavy atom. The van der Waals surface area contributed by atoms with E-state index in [1.165, 1.54) is 91.0 Å². The molecular formula is C22H15F9NP. The van der Waals surface area contributed by atoms with Gasteiger partial charge in [0.05, 0.1) is 7.05 Å². The first-order chi connectivity index (χ1) is 15.3. The smallest absolute Gasteiger partial charge is 0.257 e. The van der Waals surface area contributed by atoms with E-state index < -0.39 is 31.1 Å². The molecule has 0 atom stereocenters. The SMILES string of the molecule is FC(F)(F)C(N=P(c1ccccc1)(c1ccccc1)c1ccccc1)(C(F)(F)F)C(F)(F)F. The molecular weight excluding hydrogens is 480 g/mol. The van der Waals surface area contributed by atoms with Gasteiger partial charge in [0, 0.05) is 15.9 Å². The van der Waals surface area contributed by atoms with Gasteiger partial charge in [-0.2, -0.15) is 39.5 Å². The molecule has 0 aliphatic carbocycles. The van der Waals surface area contributed by atoms with Crippen LogP contribution in [0.5, 0.6) is 0 Å². The van der Waals surface area contributed by atoms with Crippen LogP contribution in [0, 0.1) is 0 Å². The first kappa shape index (κ1) is 24.9. The molecule has 0 amide bonds. The lowest BCUT2D eigenvalue weighted by molar-refractivity contribution is -0.376. The Morgan fingerprint density at radius 2 is 0.667 bits per heavy atom.